The van der Waals surface area contributed by atoms with Gasteiger partial charge in [-0.2, -0.15) is 10.2 Å². The lowest BCUT2D eigenvalue weighted by molar-refractivity contribution is -0.386. The third kappa shape index (κ3) is 5.14. The zero-order chi connectivity index (χ0) is 25.8. The van der Waals surface area contributed by atoms with E-state index >= 15 is 0 Å². The fraction of sp³-hybridized carbons (Fsp3) is 0.200. The van der Waals surface area contributed by atoms with Crippen LogP contribution in [-0.2, 0) is 13.1 Å². The Hall–Kier alpha value is -4.80. The fourth-order valence-corrected chi connectivity index (χ4v) is 3.79. The normalized spacial score (nSPS) is 10.8. The van der Waals surface area contributed by atoms with Crippen molar-refractivity contribution in [3.63, 3.8) is 0 Å². The number of hydrogen-bond acceptors (Lipinski definition) is 6. The lowest BCUT2D eigenvalue weighted by atomic mass is 10.1. The second-order valence-corrected chi connectivity index (χ2v) is 8.15. The second kappa shape index (κ2) is 10.2. The average molecular weight is 488 g/mol. The van der Waals surface area contributed by atoms with E-state index in [1.165, 1.54) is 0 Å². The number of aryl methyl sites for hydroxylation is 2. The van der Waals surface area contributed by atoms with E-state index in [0.29, 0.717) is 41.4 Å². The third-order valence-corrected chi connectivity index (χ3v) is 5.65. The summed E-state index contributed by atoms with van der Waals surface area (Å²) in [6.07, 6.45) is 1.61. The predicted molar refractivity (Wildman–Crippen MR) is 134 cm³/mol. The minimum Gasteiger partial charge on any atom is -0.321 e. The molecule has 4 rings (SSSR count). The number of nitrogens with one attached hydrogen (secondary N) is 2. The lowest BCUT2D eigenvalue weighted by Crippen LogP contribution is -2.18. The molecule has 2 amide bonds. The Morgan fingerprint density at radius 3 is 2.28 bits per heavy atom. The number of nitrogens with zero attached hydrogens (tertiary/aromatic N) is 5. The van der Waals surface area contributed by atoms with Crippen LogP contribution in [0, 0.1) is 24.0 Å². The summed E-state index contributed by atoms with van der Waals surface area (Å²) in [5, 5.41) is 25.3. The standard InChI is InChI=1S/C25H25N7O4/c1-4-30-15-21(22(29-30)25(34)26-20-8-6-5-7-9-20)27-24(33)19-12-10-18(11-13-19)14-31-17(3)23(32(35)36)16(2)28-31/h5-13,15H,4,14H2,1-3H3,(H,26,34)(H,27,33). The Bertz CT molecular complexity index is 1420. The van der Waals surface area contributed by atoms with Crippen molar-refractivity contribution in [1.82, 2.24) is 19.6 Å². The maximum Gasteiger partial charge on any atom is 0.312 e. The number of benzene rings is 2. The summed E-state index contributed by atoms with van der Waals surface area (Å²) >= 11 is 0. The summed E-state index contributed by atoms with van der Waals surface area (Å²) < 4.78 is 3.14. The first-order chi connectivity index (χ1) is 17.3. The van der Waals surface area contributed by atoms with Gasteiger partial charge in [-0.05, 0) is 50.6 Å². The smallest absolute Gasteiger partial charge is 0.312 e. The van der Waals surface area contributed by atoms with Gasteiger partial charge in [0.1, 0.15) is 11.4 Å². The van der Waals surface area contributed by atoms with Crippen LogP contribution in [0.25, 0.3) is 0 Å². The Balaban J connectivity index is 1.48. The summed E-state index contributed by atoms with van der Waals surface area (Å²) in [7, 11) is 0. The number of nitro groups is 1. The molecule has 0 radical (unpaired) electrons. The minimum atomic E-state index is -0.434. The zero-order valence-corrected chi connectivity index (χ0v) is 20.1. The van der Waals surface area contributed by atoms with E-state index in [9.17, 15) is 19.7 Å². The Morgan fingerprint density at radius 2 is 1.67 bits per heavy atom. The van der Waals surface area contributed by atoms with Gasteiger partial charge in [0.25, 0.3) is 11.8 Å². The highest BCUT2D eigenvalue weighted by molar-refractivity contribution is 6.11. The van der Waals surface area contributed by atoms with E-state index in [1.807, 2.05) is 25.1 Å². The van der Waals surface area contributed by atoms with Crippen LogP contribution < -0.4 is 10.6 Å². The van der Waals surface area contributed by atoms with Crippen molar-refractivity contribution in [3.05, 3.63) is 99.1 Å². The molecular formula is C25H25N7O4. The van der Waals surface area contributed by atoms with Crippen molar-refractivity contribution < 1.29 is 14.5 Å². The number of carbonyl (C=O) groups excluding carboxylic acids is 2. The van der Waals surface area contributed by atoms with Crippen LogP contribution in [0.15, 0.2) is 60.8 Å². The van der Waals surface area contributed by atoms with Crippen LogP contribution in [0.2, 0.25) is 0 Å². The number of hydrogen-bond donors (Lipinski definition) is 2. The third-order valence-electron chi connectivity index (χ3n) is 5.65. The first-order valence-electron chi connectivity index (χ1n) is 11.3. The van der Waals surface area contributed by atoms with E-state index in [4.69, 9.17) is 0 Å². The van der Waals surface area contributed by atoms with Gasteiger partial charge in [-0.25, -0.2) is 0 Å². The predicted octanol–water partition coefficient (Wildman–Crippen LogP) is 4.18. The van der Waals surface area contributed by atoms with Gasteiger partial charge in [0.05, 0.1) is 17.2 Å². The zero-order valence-electron chi connectivity index (χ0n) is 20.1. The molecule has 0 aliphatic heterocycles. The van der Waals surface area contributed by atoms with Crippen LogP contribution in [0.4, 0.5) is 17.1 Å². The number of rotatable bonds is 8. The number of amides is 2. The minimum absolute atomic E-state index is 0.00530. The Kier molecular flexibility index (Phi) is 6.91. The molecule has 0 unspecified atom stereocenters. The quantitative estimate of drug-likeness (QED) is 0.283. The highest BCUT2D eigenvalue weighted by atomic mass is 16.6. The van der Waals surface area contributed by atoms with Gasteiger partial charge < -0.3 is 10.6 Å². The van der Waals surface area contributed by atoms with Crippen LogP contribution in [-0.4, -0.2) is 36.3 Å². The van der Waals surface area contributed by atoms with Gasteiger partial charge in [0, 0.05) is 24.0 Å². The molecule has 0 aliphatic rings. The summed E-state index contributed by atoms with van der Waals surface area (Å²) in [5.41, 5.74) is 3.07. The Labute approximate surface area is 206 Å². The van der Waals surface area contributed by atoms with Crippen LogP contribution in [0.5, 0.6) is 0 Å². The molecule has 0 aliphatic carbocycles. The molecule has 2 aromatic carbocycles. The van der Waals surface area contributed by atoms with E-state index < -0.39 is 16.7 Å². The van der Waals surface area contributed by atoms with E-state index in [-0.39, 0.29) is 11.4 Å². The highest BCUT2D eigenvalue weighted by Gasteiger charge is 2.22. The highest BCUT2D eigenvalue weighted by Crippen LogP contribution is 2.23. The summed E-state index contributed by atoms with van der Waals surface area (Å²) in [6, 6.07) is 15.8. The van der Waals surface area contributed by atoms with Crippen molar-refractivity contribution in [2.24, 2.45) is 0 Å². The van der Waals surface area contributed by atoms with Gasteiger partial charge in [0.15, 0.2) is 5.69 Å². The van der Waals surface area contributed by atoms with Crippen LogP contribution in [0.3, 0.4) is 0 Å². The fourth-order valence-electron chi connectivity index (χ4n) is 3.79. The molecule has 0 saturated carbocycles. The number of para-hydroxylation sites is 1. The van der Waals surface area contributed by atoms with Gasteiger partial charge in [0.2, 0.25) is 0 Å². The molecule has 36 heavy (non-hydrogen) atoms. The molecule has 11 nitrogen and oxygen atoms in total. The second-order valence-electron chi connectivity index (χ2n) is 8.15. The SMILES string of the molecule is CCn1cc(NC(=O)c2ccc(Cn3nc(C)c([N+](=O)[O-])c3C)cc2)c(C(=O)Nc2ccccc2)n1. The van der Waals surface area contributed by atoms with Gasteiger partial charge in [-0.15, -0.1) is 0 Å². The monoisotopic (exact) mass is 487 g/mol. The summed E-state index contributed by atoms with van der Waals surface area (Å²) in [4.78, 5) is 36.5. The molecule has 11 heteroatoms. The van der Waals surface area contributed by atoms with Crippen molar-refractivity contribution >= 4 is 28.9 Å². The molecule has 2 aromatic heterocycles. The van der Waals surface area contributed by atoms with Gasteiger partial charge >= 0.3 is 5.69 Å². The number of aromatic nitrogens is 4. The van der Waals surface area contributed by atoms with Crippen molar-refractivity contribution in [1.29, 1.82) is 0 Å². The maximum atomic E-state index is 12.9. The Morgan fingerprint density at radius 1 is 0.972 bits per heavy atom. The van der Waals surface area contributed by atoms with E-state index in [2.05, 4.69) is 20.8 Å². The first-order valence-corrected chi connectivity index (χ1v) is 11.3. The molecule has 4 aromatic rings. The molecular weight excluding hydrogens is 462 g/mol. The van der Waals surface area contributed by atoms with E-state index in [0.717, 1.165) is 5.56 Å². The van der Waals surface area contributed by atoms with E-state index in [1.54, 1.807) is 65.8 Å². The lowest BCUT2D eigenvalue weighted by Gasteiger charge is -2.08. The van der Waals surface area contributed by atoms with Gasteiger partial charge in [-0.3, -0.25) is 29.1 Å². The van der Waals surface area contributed by atoms with Crippen molar-refractivity contribution in [2.75, 3.05) is 10.6 Å². The van der Waals surface area contributed by atoms with Gasteiger partial charge in [-0.1, -0.05) is 30.3 Å². The molecule has 0 bridgehead atoms. The van der Waals surface area contributed by atoms with Crippen LogP contribution in [0.1, 0.15) is 44.7 Å². The molecule has 2 N–H and O–H groups in total. The molecule has 0 saturated heterocycles. The molecule has 184 valence electrons. The topological polar surface area (TPSA) is 137 Å². The maximum absolute atomic E-state index is 12.9. The molecule has 0 fully saturated rings. The average Bonchev–Trinajstić information content (AvgIpc) is 3.39. The molecule has 0 atom stereocenters. The molecule has 2 heterocycles. The van der Waals surface area contributed by atoms with Crippen LogP contribution >= 0.6 is 0 Å². The number of anilines is 2. The number of carbonyl (C=O) groups is 2. The summed E-state index contributed by atoms with van der Waals surface area (Å²) in [5.74, 6) is -0.828. The van der Waals surface area contributed by atoms with Crippen molar-refractivity contribution in [2.45, 2.75) is 33.9 Å². The van der Waals surface area contributed by atoms with Crippen molar-refractivity contribution in [3.8, 4) is 0 Å². The molecule has 0 spiro atoms. The largest absolute Gasteiger partial charge is 0.321 e. The first kappa shape index (κ1) is 24.3. The summed E-state index contributed by atoms with van der Waals surface area (Å²) in [6.45, 7) is 6.00.